The first-order valence-electron chi connectivity index (χ1n) is 6.44. The Hall–Kier alpha value is -1.53. The molecule has 0 radical (unpaired) electrons. The highest BCUT2D eigenvalue weighted by molar-refractivity contribution is 7.98. The maximum Gasteiger partial charge on any atom is 0.327 e. The van der Waals surface area contributed by atoms with Crippen molar-refractivity contribution in [3.05, 3.63) is 29.8 Å². The molecule has 1 amide bonds. The molecule has 0 aliphatic carbocycles. The van der Waals surface area contributed by atoms with Crippen molar-refractivity contribution in [2.45, 2.75) is 24.9 Å². The van der Waals surface area contributed by atoms with Gasteiger partial charge < -0.3 is 10.8 Å². The van der Waals surface area contributed by atoms with Crippen LogP contribution in [0.3, 0.4) is 0 Å². The van der Waals surface area contributed by atoms with Crippen LogP contribution in [0.1, 0.15) is 12.0 Å². The average Bonchev–Trinajstić information content (AvgIpc) is 2.83. The van der Waals surface area contributed by atoms with Crippen molar-refractivity contribution in [3.63, 3.8) is 0 Å². The van der Waals surface area contributed by atoms with Crippen LogP contribution in [0, 0.1) is 0 Å². The zero-order valence-corrected chi connectivity index (χ0v) is 12.1. The molecule has 1 aliphatic rings. The maximum atomic E-state index is 12.5. The minimum absolute atomic E-state index is 0.309. The topological polar surface area (TPSA) is 83.6 Å². The second kappa shape index (κ2) is 6.28. The monoisotopic (exact) mass is 294 g/mol. The number of carbonyl (C=O) groups excluding carboxylic acids is 1. The Bertz CT molecular complexity index is 521. The number of anilines is 1. The second-order valence-electron chi connectivity index (χ2n) is 4.78. The van der Waals surface area contributed by atoms with Crippen molar-refractivity contribution in [3.8, 4) is 0 Å². The highest BCUT2D eigenvalue weighted by Gasteiger charge is 2.39. The number of fused-ring (bicyclic) bond motifs is 1. The highest BCUT2D eigenvalue weighted by atomic mass is 32.2. The van der Waals surface area contributed by atoms with Gasteiger partial charge in [-0.3, -0.25) is 9.69 Å². The largest absolute Gasteiger partial charge is 0.480 e. The lowest BCUT2D eigenvalue weighted by atomic mass is 10.1. The second-order valence-corrected chi connectivity index (χ2v) is 5.77. The molecule has 108 valence electrons. The molecule has 6 heteroatoms. The number of amides is 1. The Morgan fingerprint density at radius 3 is 2.85 bits per heavy atom. The minimum atomic E-state index is -0.994. The van der Waals surface area contributed by atoms with Crippen LogP contribution in [0.4, 0.5) is 5.69 Å². The number of para-hydroxylation sites is 1. The van der Waals surface area contributed by atoms with Crippen molar-refractivity contribution in [1.82, 2.24) is 0 Å². The van der Waals surface area contributed by atoms with Gasteiger partial charge in [0.1, 0.15) is 6.04 Å². The quantitative estimate of drug-likeness (QED) is 0.850. The molecule has 2 atom stereocenters. The summed E-state index contributed by atoms with van der Waals surface area (Å²) in [5, 5.41) is 9.32. The van der Waals surface area contributed by atoms with Crippen LogP contribution in [0.2, 0.25) is 0 Å². The van der Waals surface area contributed by atoms with E-state index in [0.29, 0.717) is 18.5 Å². The molecule has 0 fully saturated rings. The van der Waals surface area contributed by atoms with Crippen LogP contribution in [0.25, 0.3) is 0 Å². The van der Waals surface area contributed by atoms with Gasteiger partial charge in [0.2, 0.25) is 5.91 Å². The molecule has 0 bridgehead atoms. The first-order chi connectivity index (χ1) is 9.56. The summed E-state index contributed by atoms with van der Waals surface area (Å²) >= 11 is 1.62. The third kappa shape index (κ3) is 2.81. The maximum absolute atomic E-state index is 12.5. The van der Waals surface area contributed by atoms with Gasteiger partial charge in [0.25, 0.3) is 0 Å². The van der Waals surface area contributed by atoms with Gasteiger partial charge in [-0.2, -0.15) is 11.8 Å². The smallest absolute Gasteiger partial charge is 0.327 e. The number of aliphatic carboxylic acids is 1. The lowest BCUT2D eigenvalue weighted by molar-refractivity contribution is -0.140. The summed E-state index contributed by atoms with van der Waals surface area (Å²) in [6, 6.07) is 5.77. The number of thioether (sulfide) groups is 1. The van der Waals surface area contributed by atoms with E-state index in [1.54, 1.807) is 23.9 Å². The van der Waals surface area contributed by atoms with Crippen molar-refractivity contribution in [1.29, 1.82) is 0 Å². The molecule has 20 heavy (non-hydrogen) atoms. The highest BCUT2D eigenvalue weighted by Crippen LogP contribution is 2.32. The summed E-state index contributed by atoms with van der Waals surface area (Å²) in [7, 11) is 0. The molecule has 0 saturated heterocycles. The fourth-order valence-corrected chi connectivity index (χ4v) is 2.89. The fourth-order valence-electron chi connectivity index (χ4n) is 2.40. The van der Waals surface area contributed by atoms with Crippen LogP contribution in [0.15, 0.2) is 24.3 Å². The Balaban J connectivity index is 2.26. The number of hydrogen-bond acceptors (Lipinski definition) is 4. The number of carboxylic acid groups (broad SMARTS) is 1. The zero-order chi connectivity index (χ0) is 14.7. The van der Waals surface area contributed by atoms with Gasteiger partial charge >= 0.3 is 5.97 Å². The zero-order valence-electron chi connectivity index (χ0n) is 11.3. The van der Waals surface area contributed by atoms with Crippen molar-refractivity contribution in [2.75, 3.05) is 16.9 Å². The van der Waals surface area contributed by atoms with E-state index in [2.05, 4.69) is 0 Å². The van der Waals surface area contributed by atoms with E-state index < -0.39 is 18.1 Å². The summed E-state index contributed by atoms with van der Waals surface area (Å²) in [5.74, 6) is -0.525. The van der Waals surface area contributed by atoms with E-state index in [1.165, 1.54) is 4.90 Å². The van der Waals surface area contributed by atoms with E-state index in [4.69, 9.17) is 5.73 Å². The molecule has 1 aromatic carbocycles. The van der Waals surface area contributed by atoms with Gasteiger partial charge in [-0.15, -0.1) is 0 Å². The Labute approximate surface area is 122 Å². The van der Waals surface area contributed by atoms with Gasteiger partial charge in [-0.05, 0) is 30.1 Å². The normalized spacial score (nSPS) is 18.7. The lowest BCUT2D eigenvalue weighted by Gasteiger charge is -2.25. The first-order valence-corrected chi connectivity index (χ1v) is 7.84. The molecule has 1 aromatic rings. The SMILES string of the molecule is CSCC[C@H](N)C(=O)N1c2ccccc2C[C@H]1C(=O)O. The molecule has 0 unspecified atom stereocenters. The first kappa shape index (κ1) is 14.9. The number of benzene rings is 1. The predicted molar refractivity (Wildman–Crippen MR) is 80.0 cm³/mol. The number of nitrogens with zero attached hydrogens (tertiary/aromatic N) is 1. The predicted octanol–water partition coefficient (Wildman–Crippen LogP) is 1.11. The average molecular weight is 294 g/mol. The van der Waals surface area contributed by atoms with Crippen molar-refractivity contribution < 1.29 is 14.7 Å². The molecule has 5 nitrogen and oxygen atoms in total. The van der Waals surface area contributed by atoms with E-state index in [9.17, 15) is 14.7 Å². The van der Waals surface area contributed by atoms with Gasteiger partial charge in [-0.25, -0.2) is 4.79 Å². The van der Waals surface area contributed by atoms with Gasteiger partial charge in [-0.1, -0.05) is 18.2 Å². The number of hydrogen-bond donors (Lipinski definition) is 2. The number of carboxylic acids is 1. The number of rotatable bonds is 5. The molecule has 1 heterocycles. The third-order valence-electron chi connectivity index (χ3n) is 3.45. The van der Waals surface area contributed by atoms with Crippen molar-refractivity contribution in [2.24, 2.45) is 5.73 Å². The summed E-state index contributed by atoms with van der Waals surface area (Å²) < 4.78 is 0. The van der Waals surface area contributed by atoms with Gasteiger partial charge in [0.05, 0.1) is 6.04 Å². The van der Waals surface area contributed by atoms with E-state index in [1.807, 2.05) is 18.4 Å². The minimum Gasteiger partial charge on any atom is -0.480 e. The number of nitrogens with two attached hydrogens (primary N) is 1. The van der Waals surface area contributed by atoms with Crippen LogP contribution >= 0.6 is 11.8 Å². The van der Waals surface area contributed by atoms with Crippen LogP contribution < -0.4 is 10.6 Å². The van der Waals surface area contributed by atoms with E-state index in [-0.39, 0.29) is 5.91 Å². The molecule has 1 aliphatic heterocycles. The summed E-state index contributed by atoms with van der Waals surface area (Å²) in [6.07, 6.45) is 2.83. The molecule has 0 aromatic heterocycles. The van der Waals surface area contributed by atoms with Crippen molar-refractivity contribution >= 4 is 29.3 Å². The van der Waals surface area contributed by atoms with Crippen LogP contribution in [0.5, 0.6) is 0 Å². The molecule has 3 N–H and O–H groups in total. The lowest BCUT2D eigenvalue weighted by Crippen LogP contribution is -2.50. The van der Waals surface area contributed by atoms with Crippen LogP contribution in [-0.2, 0) is 16.0 Å². The molecular weight excluding hydrogens is 276 g/mol. The van der Waals surface area contributed by atoms with Gasteiger partial charge in [0.15, 0.2) is 0 Å². The Morgan fingerprint density at radius 2 is 2.20 bits per heavy atom. The van der Waals surface area contributed by atoms with Crippen LogP contribution in [-0.4, -0.2) is 41.1 Å². The van der Waals surface area contributed by atoms with E-state index in [0.717, 1.165) is 11.3 Å². The summed E-state index contributed by atoms with van der Waals surface area (Å²) in [5.41, 5.74) is 7.46. The third-order valence-corrected chi connectivity index (χ3v) is 4.09. The molecule has 0 spiro atoms. The summed E-state index contributed by atoms with van der Waals surface area (Å²) in [4.78, 5) is 25.2. The Morgan fingerprint density at radius 1 is 1.50 bits per heavy atom. The van der Waals surface area contributed by atoms with E-state index >= 15 is 0 Å². The Kier molecular flexibility index (Phi) is 4.67. The fraction of sp³-hybridized carbons (Fsp3) is 0.429. The van der Waals surface area contributed by atoms with Gasteiger partial charge in [0, 0.05) is 12.1 Å². The standard InChI is InChI=1S/C14H18N2O3S/c1-20-7-6-10(15)13(17)16-11-5-3-2-4-9(11)8-12(16)14(18)19/h2-5,10,12H,6-8,15H2,1H3,(H,18,19)/t10-,12-/m0/s1. The molecular formula is C14H18N2O3S. The summed E-state index contributed by atoms with van der Waals surface area (Å²) in [6.45, 7) is 0. The molecule has 2 rings (SSSR count). The molecule has 0 saturated carbocycles. The number of carbonyl (C=O) groups is 2.